The minimum absolute atomic E-state index is 0.163. The minimum Gasteiger partial charge on any atom is -0.460 e. The number of ether oxygens (including phenoxy) is 2. The van der Waals surface area contributed by atoms with Crippen LogP contribution >= 0.6 is 23.8 Å². The van der Waals surface area contributed by atoms with Gasteiger partial charge in [0, 0.05) is 23.5 Å². The first-order valence-electron chi connectivity index (χ1n) is 9.22. The topological polar surface area (TPSA) is 50.8 Å². The largest absolute Gasteiger partial charge is 0.460 e. The maximum absolute atomic E-state index is 13.0. The Balaban J connectivity index is 2.09. The molecule has 152 valence electrons. The van der Waals surface area contributed by atoms with Gasteiger partial charge in [0.15, 0.2) is 5.11 Å². The summed E-state index contributed by atoms with van der Waals surface area (Å²) in [5, 5.41) is 4.32. The van der Waals surface area contributed by atoms with E-state index in [1.54, 1.807) is 13.2 Å². The number of hydrogen-bond acceptors (Lipinski definition) is 4. The summed E-state index contributed by atoms with van der Waals surface area (Å²) in [6.45, 7) is 4.36. The van der Waals surface area contributed by atoms with Gasteiger partial charge >= 0.3 is 5.97 Å². The quantitative estimate of drug-likeness (QED) is 0.412. The van der Waals surface area contributed by atoms with Crippen molar-refractivity contribution >= 4 is 40.6 Å². The van der Waals surface area contributed by atoms with Crippen LogP contribution in [0.1, 0.15) is 24.1 Å². The Morgan fingerprint density at radius 1 is 1.17 bits per heavy atom. The number of rotatable bonds is 6. The van der Waals surface area contributed by atoms with Crippen molar-refractivity contribution in [3.63, 3.8) is 0 Å². The van der Waals surface area contributed by atoms with Crippen molar-refractivity contribution in [2.24, 2.45) is 0 Å². The minimum atomic E-state index is -0.507. The molecule has 2 aromatic carbocycles. The lowest BCUT2D eigenvalue weighted by molar-refractivity contribution is -0.140. The average molecular weight is 431 g/mol. The molecule has 0 amide bonds. The molecule has 1 aliphatic heterocycles. The van der Waals surface area contributed by atoms with Gasteiger partial charge in [-0.05, 0) is 55.4 Å². The molecule has 1 unspecified atom stereocenters. The molecular formula is C22H23ClN2O3S. The fraction of sp³-hybridized carbons (Fsp3) is 0.273. The van der Waals surface area contributed by atoms with Crippen molar-refractivity contribution in [1.29, 1.82) is 0 Å². The fourth-order valence-electron chi connectivity index (χ4n) is 3.32. The van der Waals surface area contributed by atoms with Crippen LogP contribution in [0.5, 0.6) is 0 Å². The summed E-state index contributed by atoms with van der Waals surface area (Å²) in [4.78, 5) is 14.9. The first-order chi connectivity index (χ1) is 13.9. The second kappa shape index (κ2) is 9.39. The van der Waals surface area contributed by atoms with Crippen molar-refractivity contribution < 1.29 is 14.3 Å². The van der Waals surface area contributed by atoms with Gasteiger partial charge in [0.25, 0.3) is 0 Å². The Morgan fingerprint density at radius 2 is 1.93 bits per heavy atom. The molecule has 2 aromatic rings. The smallest absolute Gasteiger partial charge is 0.338 e. The number of nitrogens with one attached hydrogen (secondary N) is 1. The van der Waals surface area contributed by atoms with Gasteiger partial charge in [0.05, 0.1) is 18.2 Å². The second-order valence-electron chi connectivity index (χ2n) is 6.71. The molecule has 1 aliphatic rings. The number of hydrogen-bond donors (Lipinski definition) is 1. The van der Waals surface area contributed by atoms with Gasteiger partial charge in [0.2, 0.25) is 0 Å². The molecule has 0 fully saturated rings. The lowest BCUT2D eigenvalue weighted by Crippen LogP contribution is -2.48. The van der Waals surface area contributed by atoms with Crippen LogP contribution < -0.4 is 10.2 Å². The number of carbonyl (C=O) groups is 1. The third kappa shape index (κ3) is 4.61. The Kier molecular flexibility index (Phi) is 6.90. The van der Waals surface area contributed by atoms with Gasteiger partial charge in [0.1, 0.15) is 6.61 Å². The average Bonchev–Trinajstić information content (AvgIpc) is 2.68. The number of benzene rings is 2. The van der Waals surface area contributed by atoms with Gasteiger partial charge < -0.3 is 14.8 Å². The molecule has 0 aromatic heterocycles. The zero-order chi connectivity index (χ0) is 21.0. The van der Waals surface area contributed by atoms with E-state index in [-0.39, 0.29) is 6.61 Å². The number of carbonyl (C=O) groups excluding carboxylic acids is 1. The van der Waals surface area contributed by atoms with Gasteiger partial charge in [-0.15, -0.1) is 0 Å². The van der Waals surface area contributed by atoms with Crippen LogP contribution in [0, 0.1) is 6.92 Å². The lowest BCUT2D eigenvalue weighted by Gasteiger charge is -2.37. The number of nitrogens with zero attached hydrogens (tertiary/aromatic N) is 1. The number of allylic oxidation sites excluding steroid dienone is 1. The zero-order valence-electron chi connectivity index (χ0n) is 16.6. The highest BCUT2D eigenvalue weighted by Gasteiger charge is 2.36. The van der Waals surface area contributed by atoms with E-state index in [1.807, 2.05) is 61.2 Å². The summed E-state index contributed by atoms with van der Waals surface area (Å²) < 4.78 is 10.4. The summed E-state index contributed by atoms with van der Waals surface area (Å²) in [6.07, 6.45) is 0. The van der Waals surface area contributed by atoms with E-state index in [9.17, 15) is 4.79 Å². The van der Waals surface area contributed by atoms with Crippen molar-refractivity contribution in [1.82, 2.24) is 5.32 Å². The molecule has 3 rings (SSSR count). The molecule has 0 radical (unpaired) electrons. The third-order valence-electron chi connectivity index (χ3n) is 4.70. The first kappa shape index (κ1) is 21.3. The molecule has 1 N–H and O–H groups in total. The van der Waals surface area contributed by atoms with E-state index < -0.39 is 12.0 Å². The van der Waals surface area contributed by atoms with Gasteiger partial charge in [-0.3, -0.25) is 4.90 Å². The van der Waals surface area contributed by atoms with E-state index in [1.165, 1.54) is 0 Å². The monoisotopic (exact) mass is 430 g/mol. The first-order valence-corrected chi connectivity index (χ1v) is 10.0. The molecule has 0 aliphatic carbocycles. The molecule has 0 saturated heterocycles. The SMILES string of the molecule is COCCOC(=O)C1=C(C)N(c2cccc(C)c2)C(=S)NC1c1ccccc1Cl. The number of halogens is 1. The van der Waals surface area contributed by atoms with Crippen molar-refractivity contribution in [2.45, 2.75) is 19.9 Å². The Bertz CT molecular complexity index is 961. The van der Waals surface area contributed by atoms with E-state index in [0.717, 1.165) is 16.8 Å². The molecule has 7 heteroatoms. The van der Waals surface area contributed by atoms with E-state index in [4.69, 9.17) is 33.3 Å². The van der Waals surface area contributed by atoms with Crippen LogP contribution in [0.4, 0.5) is 5.69 Å². The predicted molar refractivity (Wildman–Crippen MR) is 119 cm³/mol. The number of aryl methyl sites for hydroxylation is 1. The highest BCUT2D eigenvalue weighted by Crippen LogP contribution is 2.36. The summed E-state index contributed by atoms with van der Waals surface area (Å²) >= 11 is 12.1. The molecule has 1 heterocycles. The maximum atomic E-state index is 13.0. The lowest BCUT2D eigenvalue weighted by atomic mass is 9.94. The molecular weight excluding hydrogens is 408 g/mol. The van der Waals surface area contributed by atoms with Crippen LogP contribution in [-0.2, 0) is 14.3 Å². The van der Waals surface area contributed by atoms with Crippen molar-refractivity contribution in [2.75, 3.05) is 25.2 Å². The summed E-state index contributed by atoms with van der Waals surface area (Å²) in [5.41, 5.74) is 3.89. The fourth-order valence-corrected chi connectivity index (χ4v) is 3.93. The maximum Gasteiger partial charge on any atom is 0.338 e. The normalized spacial score (nSPS) is 16.6. The van der Waals surface area contributed by atoms with Gasteiger partial charge in [-0.2, -0.15) is 0 Å². The van der Waals surface area contributed by atoms with E-state index in [0.29, 0.717) is 28.0 Å². The highest BCUT2D eigenvalue weighted by molar-refractivity contribution is 7.80. The summed E-state index contributed by atoms with van der Waals surface area (Å²) in [7, 11) is 1.56. The Labute approximate surface area is 181 Å². The second-order valence-corrected chi connectivity index (χ2v) is 7.50. The van der Waals surface area contributed by atoms with Crippen LogP contribution in [0.3, 0.4) is 0 Å². The summed E-state index contributed by atoms with van der Waals surface area (Å²) in [6, 6.07) is 14.8. The van der Waals surface area contributed by atoms with Crippen LogP contribution in [-0.4, -0.2) is 31.4 Å². The third-order valence-corrected chi connectivity index (χ3v) is 5.35. The molecule has 0 bridgehead atoms. The van der Waals surface area contributed by atoms with Crippen molar-refractivity contribution in [3.8, 4) is 0 Å². The van der Waals surface area contributed by atoms with Gasteiger partial charge in [-0.1, -0.05) is 41.9 Å². The molecule has 0 spiro atoms. The molecule has 5 nitrogen and oxygen atoms in total. The molecule has 0 saturated carbocycles. The zero-order valence-corrected chi connectivity index (χ0v) is 18.1. The number of anilines is 1. The van der Waals surface area contributed by atoms with Crippen LogP contribution in [0.2, 0.25) is 5.02 Å². The number of methoxy groups -OCH3 is 1. The number of thiocarbonyl (C=S) groups is 1. The summed E-state index contributed by atoms with van der Waals surface area (Å²) in [5.74, 6) is -0.433. The van der Waals surface area contributed by atoms with Crippen LogP contribution in [0.25, 0.3) is 0 Å². The van der Waals surface area contributed by atoms with E-state index in [2.05, 4.69) is 5.32 Å². The standard InChI is InChI=1S/C22H23ClN2O3S/c1-14-7-6-8-16(13-14)25-15(2)19(21(26)28-12-11-27-3)20(24-22(25)29)17-9-4-5-10-18(17)23/h4-10,13,20H,11-12H2,1-3H3,(H,24,29). The molecule has 29 heavy (non-hydrogen) atoms. The highest BCUT2D eigenvalue weighted by atomic mass is 35.5. The Morgan fingerprint density at radius 3 is 2.62 bits per heavy atom. The van der Waals surface area contributed by atoms with E-state index >= 15 is 0 Å². The van der Waals surface area contributed by atoms with Crippen molar-refractivity contribution in [3.05, 3.63) is 76.0 Å². The predicted octanol–water partition coefficient (Wildman–Crippen LogP) is 4.55. The Hall–Kier alpha value is -2.41. The van der Waals surface area contributed by atoms with Crippen LogP contribution in [0.15, 0.2) is 59.8 Å². The number of esters is 1. The molecule has 1 atom stereocenters. The van der Waals surface area contributed by atoms with Gasteiger partial charge in [-0.25, -0.2) is 4.79 Å².